The molecule has 0 saturated heterocycles. The molecule has 0 bridgehead atoms. The Balaban J connectivity index is 1.37. The molecule has 0 aliphatic heterocycles. The topological polar surface area (TPSA) is 9.23 Å². The first-order valence-corrected chi connectivity index (χ1v) is 13.5. The van der Waals surface area contributed by atoms with E-state index >= 15 is 0 Å². The normalized spacial score (nSPS) is 24.2. The number of rotatable bonds is 6. The third-order valence-electron chi connectivity index (χ3n) is 8.05. The van der Waals surface area contributed by atoms with E-state index in [0.717, 1.165) is 25.7 Å². The van der Waals surface area contributed by atoms with Gasteiger partial charge in [0.25, 0.3) is 0 Å². The lowest BCUT2D eigenvalue weighted by Crippen LogP contribution is -2.15. The van der Waals surface area contributed by atoms with Crippen molar-refractivity contribution in [3.63, 3.8) is 0 Å². The summed E-state index contributed by atoms with van der Waals surface area (Å²) >= 11 is 0. The van der Waals surface area contributed by atoms with Crippen molar-refractivity contribution in [2.24, 2.45) is 11.8 Å². The second kappa shape index (κ2) is 12.2. The first kappa shape index (κ1) is 26.6. The molecule has 4 rings (SSSR count). The summed E-state index contributed by atoms with van der Waals surface area (Å²) in [5.74, 6) is 3.24. The van der Waals surface area contributed by atoms with Crippen LogP contribution < -0.4 is 4.74 Å². The van der Waals surface area contributed by atoms with Gasteiger partial charge in [-0.15, -0.1) is 0 Å². The van der Waals surface area contributed by atoms with E-state index in [0.29, 0.717) is 42.7 Å². The zero-order valence-corrected chi connectivity index (χ0v) is 21.3. The van der Waals surface area contributed by atoms with Crippen LogP contribution in [0, 0.1) is 46.9 Å². The fourth-order valence-corrected chi connectivity index (χ4v) is 6.00. The maximum Gasteiger partial charge on any atom is 0.200 e. The summed E-state index contributed by atoms with van der Waals surface area (Å²) in [5, 5.41) is 0. The van der Waals surface area contributed by atoms with Crippen LogP contribution in [0.5, 0.6) is 5.75 Å². The average molecular weight is 501 g/mol. The van der Waals surface area contributed by atoms with Crippen LogP contribution in [0.1, 0.15) is 107 Å². The second-order valence-electron chi connectivity index (χ2n) is 10.4. The van der Waals surface area contributed by atoms with Gasteiger partial charge >= 0.3 is 0 Å². The van der Waals surface area contributed by atoms with E-state index < -0.39 is 23.3 Å². The van der Waals surface area contributed by atoms with Gasteiger partial charge in [-0.05, 0) is 99.3 Å². The van der Waals surface area contributed by atoms with Crippen molar-refractivity contribution in [2.45, 2.75) is 89.9 Å². The number of hydrogen-bond acceptors (Lipinski definition) is 1. The molecule has 5 heteroatoms. The van der Waals surface area contributed by atoms with Crippen LogP contribution in [0.15, 0.2) is 24.3 Å². The standard InChI is InChI=1S/C31H36F4O/c1-3-5-20-6-11-22(12-7-20)25-17-16-24(28(32)29(25)33)15-10-21-8-13-23(14-9-21)26-18-19-27(36-4-2)31(35)30(26)34/h16-23H,3-9,11-14H2,1-2H3. The molecule has 2 aromatic rings. The van der Waals surface area contributed by atoms with Crippen LogP contribution in [-0.2, 0) is 0 Å². The van der Waals surface area contributed by atoms with Crippen LogP contribution >= 0.6 is 0 Å². The molecule has 0 amide bonds. The molecule has 0 atom stereocenters. The summed E-state index contributed by atoms with van der Waals surface area (Å²) in [5.41, 5.74) is 0.950. The monoisotopic (exact) mass is 500 g/mol. The summed E-state index contributed by atoms with van der Waals surface area (Å²) in [4.78, 5) is 0. The van der Waals surface area contributed by atoms with Gasteiger partial charge in [0, 0.05) is 5.92 Å². The van der Waals surface area contributed by atoms with Crippen LogP contribution in [0.3, 0.4) is 0 Å². The molecule has 0 N–H and O–H groups in total. The van der Waals surface area contributed by atoms with Crippen molar-refractivity contribution in [2.75, 3.05) is 6.61 Å². The number of hydrogen-bond donors (Lipinski definition) is 0. The quantitative estimate of drug-likeness (QED) is 0.284. The Bertz CT molecular complexity index is 1100. The van der Waals surface area contributed by atoms with E-state index in [9.17, 15) is 17.6 Å². The molecule has 0 unspecified atom stereocenters. The molecule has 2 aliphatic carbocycles. The van der Waals surface area contributed by atoms with Crippen molar-refractivity contribution < 1.29 is 22.3 Å². The molecule has 194 valence electrons. The molecule has 2 aliphatic rings. The fourth-order valence-electron chi connectivity index (χ4n) is 6.00. The van der Waals surface area contributed by atoms with Gasteiger partial charge in [-0.25, -0.2) is 13.2 Å². The van der Waals surface area contributed by atoms with Gasteiger partial charge < -0.3 is 4.74 Å². The summed E-state index contributed by atoms with van der Waals surface area (Å²) in [6, 6.07) is 6.42. The van der Waals surface area contributed by atoms with Gasteiger partial charge in [-0.2, -0.15) is 4.39 Å². The number of benzene rings is 2. The van der Waals surface area contributed by atoms with Crippen molar-refractivity contribution in [3.05, 3.63) is 64.2 Å². The maximum absolute atomic E-state index is 14.9. The molecule has 0 heterocycles. The highest BCUT2D eigenvalue weighted by molar-refractivity contribution is 5.40. The summed E-state index contributed by atoms with van der Waals surface area (Å²) < 4.78 is 63.8. The minimum absolute atomic E-state index is 0.0211. The fraction of sp³-hybridized carbons (Fsp3) is 0.548. The lowest BCUT2D eigenvalue weighted by atomic mass is 9.77. The Morgan fingerprint density at radius 1 is 0.722 bits per heavy atom. The molecule has 0 radical (unpaired) electrons. The van der Waals surface area contributed by atoms with E-state index in [1.165, 1.54) is 18.9 Å². The molecular weight excluding hydrogens is 464 g/mol. The highest BCUT2D eigenvalue weighted by atomic mass is 19.2. The Hall–Kier alpha value is -2.48. The number of ether oxygens (including phenoxy) is 1. The van der Waals surface area contributed by atoms with Crippen molar-refractivity contribution >= 4 is 0 Å². The predicted octanol–water partition coefficient (Wildman–Crippen LogP) is 9.04. The third kappa shape index (κ3) is 5.90. The Kier molecular flexibility index (Phi) is 8.99. The van der Waals surface area contributed by atoms with Crippen LogP contribution in [0.2, 0.25) is 0 Å². The molecule has 2 aromatic carbocycles. The van der Waals surface area contributed by atoms with Gasteiger partial charge in [-0.1, -0.05) is 43.7 Å². The summed E-state index contributed by atoms with van der Waals surface area (Å²) in [6.45, 7) is 4.18. The van der Waals surface area contributed by atoms with Gasteiger partial charge in [-0.3, -0.25) is 0 Å². The van der Waals surface area contributed by atoms with E-state index in [1.54, 1.807) is 25.1 Å². The lowest BCUT2D eigenvalue weighted by molar-refractivity contribution is 0.303. The SMILES string of the molecule is CCCC1CCC(c2ccc(C#CC3CCC(c4ccc(OCC)c(F)c4F)CC3)c(F)c2F)CC1. The Labute approximate surface area is 212 Å². The van der Waals surface area contributed by atoms with Gasteiger partial charge in [0.1, 0.15) is 0 Å². The first-order valence-electron chi connectivity index (χ1n) is 13.5. The van der Waals surface area contributed by atoms with Crippen molar-refractivity contribution in [1.29, 1.82) is 0 Å². The smallest absolute Gasteiger partial charge is 0.200 e. The molecule has 2 saturated carbocycles. The molecule has 1 nitrogen and oxygen atoms in total. The Morgan fingerprint density at radius 2 is 1.31 bits per heavy atom. The van der Waals surface area contributed by atoms with Crippen molar-refractivity contribution in [1.82, 2.24) is 0 Å². The van der Waals surface area contributed by atoms with Crippen LogP contribution in [-0.4, -0.2) is 6.61 Å². The minimum atomic E-state index is -0.939. The van der Waals surface area contributed by atoms with E-state index in [2.05, 4.69) is 18.8 Å². The number of halogens is 4. The molecule has 0 spiro atoms. The van der Waals surface area contributed by atoms with Gasteiger partial charge in [0.05, 0.1) is 12.2 Å². The molecular formula is C31H36F4O. The summed E-state index contributed by atoms with van der Waals surface area (Å²) in [7, 11) is 0. The summed E-state index contributed by atoms with van der Waals surface area (Å²) in [6.07, 6.45) is 9.11. The largest absolute Gasteiger partial charge is 0.491 e. The predicted molar refractivity (Wildman–Crippen MR) is 135 cm³/mol. The highest BCUT2D eigenvalue weighted by Crippen LogP contribution is 2.40. The van der Waals surface area contributed by atoms with E-state index in [4.69, 9.17) is 4.74 Å². The lowest BCUT2D eigenvalue weighted by Gasteiger charge is -2.29. The maximum atomic E-state index is 14.9. The second-order valence-corrected chi connectivity index (χ2v) is 10.4. The Morgan fingerprint density at radius 3 is 1.92 bits per heavy atom. The molecule has 0 aromatic heterocycles. The zero-order chi connectivity index (χ0) is 25.7. The van der Waals surface area contributed by atoms with Crippen LogP contribution in [0.4, 0.5) is 17.6 Å². The minimum Gasteiger partial charge on any atom is -0.491 e. The van der Waals surface area contributed by atoms with Gasteiger partial charge in [0.15, 0.2) is 23.2 Å². The average Bonchev–Trinajstić information content (AvgIpc) is 2.89. The third-order valence-corrected chi connectivity index (χ3v) is 8.05. The van der Waals surface area contributed by atoms with E-state index in [-0.39, 0.29) is 35.7 Å². The van der Waals surface area contributed by atoms with Gasteiger partial charge in [0.2, 0.25) is 5.82 Å². The molecule has 2 fully saturated rings. The first-order chi connectivity index (χ1) is 17.4. The molecule has 36 heavy (non-hydrogen) atoms. The van der Waals surface area contributed by atoms with Crippen molar-refractivity contribution in [3.8, 4) is 17.6 Å². The van der Waals surface area contributed by atoms with E-state index in [1.807, 2.05) is 0 Å². The van der Waals surface area contributed by atoms with Crippen LogP contribution in [0.25, 0.3) is 0 Å². The zero-order valence-electron chi connectivity index (χ0n) is 21.3. The highest BCUT2D eigenvalue weighted by Gasteiger charge is 2.27.